The van der Waals surface area contributed by atoms with E-state index in [4.69, 9.17) is 4.74 Å². The number of aromatic nitrogens is 2. The molecule has 0 saturated carbocycles. The van der Waals surface area contributed by atoms with Gasteiger partial charge in [0.1, 0.15) is 0 Å². The second kappa shape index (κ2) is 5.29. The molecule has 1 atom stereocenters. The lowest BCUT2D eigenvalue weighted by atomic mass is 10.2. The summed E-state index contributed by atoms with van der Waals surface area (Å²) in [6.07, 6.45) is 1.77. The first kappa shape index (κ1) is 11.4. The lowest BCUT2D eigenvalue weighted by Crippen LogP contribution is -2.45. The van der Waals surface area contributed by atoms with Crippen LogP contribution in [-0.2, 0) is 4.74 Å². The fraction of sp³-hybridized carbons (Fsp3) is 0.385. The number of morpholine rings is 1. The normalized spacial score (nSPS) is 19.9. The Kier molecular flexibility index (Phi) is 3.34. The van der Waals surface area contributed by atoms with E-state index in [2.05, 4.69) is 26.9 Å². The van der Waals surface area contributed by atoms with Crippen LogP contribution in [0, 0.1) is 0 Å². The molecule has 5 heteroatoms. The number of ether oxygens (including phenoxy) is 1. The van der Waals surface area contributed by atoms with Crippen molar-refractivity contribution in [1.29, 1.82) is 0 Å². The Balaban J connectivity index is 1.74. The molecule has 1 aliphatic rings. The van der Waals surface area contributed by atoms with Crippen molar-refractivity contribution in [3.05, 3.63) is 30.5 Å². The standard InChI is InChI=1S/C13H16N4O/c1-2-4-12-11(3-1)13(8-16-17-12)15-7-10-9-18-6-5-14-10/h1-4,8,10,14H,5-7,9H2,(H,15,17). The van der Waals surface area contributed by atoms with Gasteiger partial charge in [0.15, 0.2) is 0 Å². The van der Waals surface area contributed by atoms with Gasteiger partial charge in [-0.2, -0.15) is 10.2 Å². The molecule has 0 bridgehead atoms. The number of hydrogen-bond acceptors (Lipinski definition) is 5. The van der Waals surface area contributed by atoms with Crippen LogP contribution in [0.5, 0.6) is 0 Å². The summed E-state index contributed by atoms with van der Waals surface area (Å²) in [5.74, 6) is 0. The fourth-order valence-electron chi connectivity index (χ4n) is 2.13. The molecule has 0 spiro atoms. The van der Waals surface area contributed by atoms with Crippen LogP contribution in [0.4, 0.5) is 5.69 Å². The average molecular weight is 244 g/mol. The molecule has 1 aromatic heterocycles. The number of nitrogens with one attached hydrogen (secondary N) is 2. The zero-order chi connectivity index (χ0) is 12.2. The van der Waals surface area contributed by atoms with E-state index in [1.165, 1.54) is 0 Å². The van der Waals surface area contributed by atoms with Gasteiger partial charge in [-0.3, -0.25) is 0 Å². The predicted molar refractivity (Wildman–Crippen MR) is 70.6 cm³/mol. The third kappa shape index (κ3) is 2.42. The highest BCUT2D eigenvalue weighted by molar-refractivity contribution is 5.90. The molecule has 2 N–H and O–H groups in total. The maximum atomic E-state index is 5.43. The Morgan fingerprint density at radius 3 is 3.22 bits per heavy atom. The van der Waals surface area contributed by atoms with Gasteiger partial charge in [0, 0.05) is 24.5 Å². The van der Waals surface area contributed by atoms with Gasteiger partial charge in [-0.1, -0.05) is 18.2 Å². The molecule has 1 saturated heterocycles. The lowest BCUT2D eigenvalue weighted by Gasteiger charge is -2.24. The van der Waals surface area contributed by atoms with Gasteiger partial charge in [0.25, 0.3) is 0 Å². The Bertz CT molecular complexity index is 520. The van der Waals surface area contributed by atoms with Gasteiger partial charge < -0.3 is 15.4 Å². The molecule has 3 rings (SSSR count). The van der Waals surface area contributed by atoms with Crippen LogP contribution in [0.2, 0.25) is 0 Å². The van der Waals surface area contributed by atoms with E-state index in [0.717, 1.165) is 42.9 Å². The maximum Gasteiger partial charge on any atom is 0.0950 e. The Hall–Kier alpha value is -1.72. The molecular formula is C13H16N4O. The maximum absolute atomic E-state index is 5.43. The summed E-state index contributed by atoms with van der Waals surface area (Å²) in [6.45, 7) is 3.30. The molecule has 1 aliphatic heterocycles. The van der Waals surface area contributed by atoms with E-state index < -0.39 is 0 Å². The van der Waals surface area contributed by atoms with Gasteiger partial charge in [-0.15, -0.1) is 0 Å². The number of anilines is 1. The monoisotopic (exact) mass is 244 g/mol. The van der Waals surface area contributed by atoms with Crippen LogP contribution in [0.1, 0.15) is 0 Å². The van der Waals surface area contributed by atoms with E-state index in [1.807, 2.05) is 18.2 Å². The minimum atomic E-state index is 0.352. The van der Waals surface area contributed by atoms with Gasteiger partial charge in [-0.25, -0.2) is 0 Å². The molecule has 0 radical (unpaired) electrons. The Labute approximate surface area is 106 Å². The van der Waals surface area contributed by atoms with Crippen molar-refractivity contribution in [1.82, 2.24) is 15.5 Å². The molecule has 0 aliphatic carbocycles. The van der Waals surface area contributed by atoms with Gasteiger partial charge in [-0.05, 0) is 6.07 Å². The third-order valence-electron chi connectivity index (χ3n) is 3.08. The zero-order valence-corrected chi connectivity index (χ0v) is 10.1. The summed E-state index contributed by atoms with van der Waals surface area (Å²) in [6, 6.07) is 8.35. The van der Waals surface area contributed by atoms with Crippen molar-refractivity contribution in [2.75, 3.05) is 31.6 Å². The smallest absolute Gasteiger partial charge is 0.0950 e. The topological polar surface area (TPSA) is 59.1 Å². The Morgan fingerprint density at radius 2 is 2.33 bits per heavy atom. The summed E-state index contributed by atoms with van der Waals surface area (Å²) in [7, 11) is 0. The number of fused-ring (bicyclic) bond motifs is 1. The molecule has 1 fully saturated rings. The van der Waals surface area contributed by atoms with E-state index in [-0.39, 0.29) is 0 Å². The molecule has 18 heavy (non-hydrogen) atoms. The van der Waals surface area contributed by atoms with E-state index in [0.29, 0.717) is 6.04 Å². The lowest BCUT2D eigenvalue weighted by molar-refractivity contribution is 0.0807. The molecule has 94 valence electrons. The van der Waals surface area contributed by atoms with Gasteiger partial charge in [0.05, 0.1) is 30.6 Å². The van der Waals surface area contributed by atoms with Crippen molar-refractivity contribution < 1.29 is 4.74 Å². The van der Waals surface area contributed by atoms with Crippen molar-refractivity contribution >= 4 is 16.6 Å². The number of benzene rings is 1. The first-order valence-electron chi connectivity index (χ1n) is 6.19. The van der Waals surface area contributed by atoms with Crippen molar-refractivity contribution in [2.24, 2.45) is 0 Å². The van der Waals surface area contributed by atoms with Gasteiger partial charge in [0.2, 0.25) is 0 Å². The van der Waals surface area contributed by atoms with Crippen LogP contribution in [0.25, 0.3) is 10.9 Å². The highest BCUT2D eigenvalue weighted by Crippen LogP contribution is 2.19. The first-order valence-corrected chi connectivity index (χ1v) is 6.19. The quantitative estimate of drug-likeness (QED) is 0.844. The summed E-state index contributed by atoms with van der Waals surface area (Å²) in [5, 5.41) is 16.0. The highest BCUT2D eigenvalue weighted by atomic mass is 16.5. The molecule has 2 heterocycles. The van der Waals surface area contributed by atoms with Crippen LogP contribution in [0.3, 0.4) is 0 Å². The Morgan fingerprint density at radius 1 is 1.39 bits per heavy atom. The van der Waals surface area contributed by atoms with Crippen molar-refractivity contribution in [3.8, 4) is 0 Å². The van der Waals surface area contributed by atoms with Crippen LogP contribution in [-0.4, -0.2) is 42.5 Å². The molecule has 2 aromatic rings. The SMILES string of the molecule is c1ccc2c(NCC3COCCN3)cnnc2c1. The summed E-state index contributed by atoms with van der Waals surface area (Å²) in [4.78, 5) is 0. The van der Waals surface area contributed by atoms with E-state index in [1.54, 1.807) is 6.20 Å². The second-order valence-corrected chi connectivity index (χ2v) is 4.38. The minimum Gasteiger partial charge on any atom is -0.382 e. The molecule has 1 unspecified atom stereocenters. The predicted octanol–water partition coefficient (Wildman–Crippen LogP) is 1.03. The average Bonchev–Trinajstić information content (AvgIpc) is 2.46. The largest absolute Gasteiger partial charge is 0.382 e. The van der Waals surface area contributed by atoms with Gasteiger partial charge >= 0.3 is 0 Å². The van der Waals surface area contributed by atoms with Crippen LogP contribution in [0.15, 0.2) is 30.5 Å². The second-order valence-electron chi connectivity index (χ2n) is 4.38. The molecule has 0 amide bonds. The fourth-order valence-corrected chi connectivity index (χ4v) is 2.13. The number of hydrogen-bond donors (Lipinski definition) is 2. The van der Waals surface area contributed by atoms with E-state index >= 15 is 0 Å². The highest BCUT2D eigenvalue weighted by Gasteiger charge is 2.12. The molecule has 5 nitrogen and oxygen atoms in total. The minimum absolute atomic E-state index is 0.352. The summed E-state index contributed by atoms with van der Waals surface area (Å²) < 4.78 is 5.43. The molecular weight excluding hydrogens is 228 g/mol. The third-order valence-corrected chi connectivity index (χ3v) is 3.08. The van der Waals surface area contributed by atoms with Crippen LogP contribution >= 0.6 is 0 Å². The van der Waals surface area contributed by atoms with Crippen molar-refractivity contribution in [2.45, 2.75) is 6.04 Å². The summed E-state index contributed by atoms with van der Waals surface area (Å²) in [5.41, 5.74) is 1.93. The van der Waals surface area contributed by atoms with Crippen LogP contribution < -0.4 is 10.6 Å². The first-order chi connectivity index (χ1) is 8.93. The number of nitrogens with zero attached hydrogens (tertiary/aromatic N) is 2. The van der Waals surface area contributed by atoms with E-state index in [9.17, 15) is 0 Å². The molecule has 1 aromatic carbocycles. The zero-order valence-electron chi connectivity index (χ0n) is 10.1. The summed E-state index contributed by atoms with van der Waals surface area (Å²) >= 11 is 0. The number of rotatable bonds is 3. The van der Waals surface area contributed by atoms with Crippen molar-refractivity contribution in [3.63, 3.8) is 0 Å².